The summed E-state index contributed by atoms with van der Waals surface area (Å²) in [5, 5.41) is 19.5. The van der Waals surface area contributed by atoms with Gasteiger partial charge >= 0.3 is 29.6 Å². The van der Waals surface area contributed by atoms with Crippen molar-refractivity contribution in [1.29, 1.82) is 0 Å². The van der Waals surface area contributed by atoms with Crippen LogP contribution in [0.2, 0.25) is 0 Å². The maximum absolute atomic E-state index is 10.2. The molecule has 19 heavy (non-hydrogen) atoms. The van der Waals surface area contributed by atoms with E-state index in [4.69, 9.17) is 0 Å². The Hall–Kier alpha value is 0.430. The number of carbonyl (C=O) groups is 1. The van der Waals surface area contributed by atoms with Gasteiger partial charge in [0.2, 0.25) is 0 Å². The van der Waals surface area contributed by atoms with E-state index in [1.165, 1.54) is 51.4 Å². The van der Waals surface area contributed by atoms with Gasteiger partial charge in [-0.25, -0.2) is 0 Å². The zero-order valence-corrected chi connectivity index (χ0v) is 14.8. The summed E-state index contributed by atoms with van der Waals surface area (Å²) in [7, 11) is 0. The normalized spacial score (nSPS) is 11.9. The molecule has 108 valence electrons. The third kappa shape index (κ3) is 18.4. The molecule has 0 heterocycles. The molecule has 0 bridgehead atoms. The van der Waals surface area contributed by atoms with Gasteiger partial charge in [-0.1, -0.05) is 71.1 Å². The Morgan fingerprint density at radius 3 is 1.79 bits per heavy atom. The number of hydrogen-bond acceptors (Lipinski definition) is 3. The minimum atomic E-state index is -1.16. The number of aliphatic carboxylic acids is 1. The molecule has 3 nitrogen and oxygen atoms in total. The summed E-state index contributed by atoms with van der Waals surface area (Å²) in [6.45, 7) is 2.23. The van der Waals surface area contributed by atoms with Gasteiger partial charge in [0.25, 0.3) is 0 Å². The largest absolute Gasteiger partial charge is 1.00 e. The van der Waals surface area contributed by atoms with Crippen molar-refractivity contribution in [1.82, 2.24) is 0 Å². The van der Waals surface area contributed by atoms with Crippen LogP contribution in [-0.4, -0.2) is 17.2 Å². The van der Waals surface area contributed by atoms with Crippen molar-refractivity contribution in [2.24, 2.45) is 0 Å². The standard InChI is InChI=1S/C15H30O3.Na/c1-2-3-4-5-6-7-8-9-10-11-12-14(16)13-15(17)18;/h14,16H,2-13H2,1H3,(H,17,18);/q;+1/p-1. The van der Waals surface area contributed by atoms with E-state index in [9.17, 15) is 15.0 Å². The predicted molar refractivity (Wildman–Crippen MR) is 72.1 cm³/mol. The fourth-order valence-corrected chi connectivity index (χ4v) is 2.16. The molecule has 0 radical (unpaired) electrons. The van der Waals surface area contributed by atoms with E-state index in [0.717, 1.165) is 12.8 Å². The summed E-state index contributed by atoms with van der Waals surface area (Å²) < 4.78 is 0. The van der Waals surface area contributed by atoms with Crippen molar-refractivity contribution in [2.75, 3.05) is 0 Å². The maximum atomic E-state index is 10.2. The molecule has 0 aliphatic heterocycles. The van der Waals surface area contributed by atoms with E-state index < -0.39 is 12.1 Å². The minimum Gasteiger partial charge on any atom is -0.550 e. The van der Waals surface area contributed by atoms with Gasteiger partial charge in [0.15, 0.2) is 0 Å². The number of rotatable bonds is 13. The fraction of sp³-hybridized carbons (Fsp3) is 0.933. The molecule has 0 aliphatic rings. The van der Waals surface area contributed by atoms with Crippen LogP contribution in [-0.2, 0) is 4.79 Å². The molecule has 0 saturated heterocycles. The Bertz CT molecular complexity index is 198. The summed E-state index contributed by atoms with van der Waals surface area (Å²) in [5.74, 6) is -1.16. The molecule has 1 atom stereocenters. The summed E-state index contributed by atoms with van der Waals surface area (Å²) in [6, 6.07) is 0. The first-order chi connectivity index (χ1) is 8.66. The van der Waals surface area contributed by atoms with E-state index >= 15 is 0 Å². The summed E-state index contributed by atoms with van der Waals surface area (Å²) in [5.41, 5.74) is 0. The molecule has 0 rings (SSSR count). The minimum absolute atomic E-state index is 0. The number of unbranched alkanes of at least 4 members (excludes halogenated alkanes) is 9. The zero-order chi connectivity index (χ0) is 13.6. The third-order valence-corrected chi connectivity index (χ3v) is 3.29. The Morgan fingerprint density at radius 1 is 0.947 bits per heavy atom. The van der Waals surface area contributed by atoms with Crippen LogP contribution in [0.25, 0.3) is 0 Å². The van der Waals surface area contributed by atoms with Crippen LogP contribution in [0.3, 0.4) is 0 Å². The van der Waals surface area contributed by atoms with Crippen LogP contribution < -0.4 is 34.7 Å². The second-order valence-corrected chi connectivity index (χ2v) is 5.20. The monoisotopic (exact) mass is 280 g/mol. The van der Waals surface area contributed by atoms with Crippen LogP contribution in [0.15, 0.2) is 0 Å². The van der Waals surface area contributed by atoms with Gasteiger partial charge in [-0.05, 0) is 6.42 Å². The van der Waals surface area contributed by atoms with E-state index in [-0.39, 0.29) is 36.0 Å². The Labute approximate surface area is 140 Å². The molecule has 4 heteroatoms. The van der Waals surface area contributed by atoms with E-state index in [1.807, 2.05) is 0 Å². The van der Waals surface area contributed by atoms with Crippen LogP contribution in [0.4, 0.5) is 0 Å². The smallest absolute Gasteiger partial charge is 0.550 e. The molecule has 0 spiro atoms. The van der Waals surface area contributed by atoms with Crippen molar-refractivity contribution in [3.63, 3.8) is 0 Å². The Balaban J connectivity index is 0. The van der Waals surface area contributed by atoms with Gasteiger partial charge < -0.3 is 15.0 Å². The molecule has 0 aromatic carbocycles. The van der Waals surface area contributed by atoms with Crippen LogP contribution in [0.5, 0.6) is 0 Å². The Morgan fingerprint density at radius 2 is 1.37 bits per heavy atom. The predicted octanol–water partition coefficient (Wildman–Crippen LogP) is -0.198. The molecule has 0 aromatic heterocycles. The molecule has 1 N–H and O–H groups in total. The van der Waals surface area contributed by atoms with Gasteiger partial charge in [0, 0.05) is 12.4 Å². The molecule has 1 unspecified atom stereocenters. The van der Waals surface area contributed by atoms with E-state index in [0.29, 0.717) is 6.42 Å². The van der Waals surface area contributed by atoms with E-state index in [2.05, 4.69) is 6.92 Å². The Kier molecular flexibility index (Phi) is 18.8. The molecular weight excluding hydrogens is 251 g/mol. The van der Waals surface area contributed by atoms with Gasteiger partial charge in [-0.2, -0.15) is 0 Å². The number of hydrogen-bond donors (Lipinski definition) is 1. The molecule has 0 aromatic rings. The molecule has 0 saturated carbocycles. The van der Waals surface area contributed by atoms with E-state index in [1.54, 1.807) is 0 Å². The van der Waals surface area contributed by atoms with Crippen LogP contribution >= 0.6 is 0 Å². The number of aliphatic hydroxyl groups excluding tert-OH is 1. The topological polar surface area (TPSA) is 60.4 Å². The molecule has 0 amide bonds. The maximum Gasteiger partial charge on any atom is 1.00 e. The number of carboxylic acid groups (broad SMARTS) is 1. The quantitative estimate of drug-likeness (QED) is 0.375. The average Bonchev–Trinajstić information content (AvgIpc) is 2.30. The number of carbonyl (C=O) groups excluding carboxylic acids is 1. The van der Waals surface area contributed by atoms with Crippen molar-refractivity contribution < 1.29 is 44.6 Å². The second kappa shape index (κ2) is 16.5. The van der Waals surface area contributed by atoms with Gasteiger partial charge in [0.05, 0.1) is 6.10 Å². The van der Waals surface area contributed by atoms with Crippen LogP contribution in [0, 0.1) is 0 Å². The van der Waals surface area contributed by atoms with Crippen molar-refractivity contribution >= 4 is 5.97 Å². The summed E-state index contributed by atoms with van der Waals surface area (Å²) >= 11 is 0. The molecule has 0 aliphatic carbocycles. The number of carboxylic acids is 1. The first-order valence-corrected chi connectivity index (χ1v) is 7.54. The zero-order valence-electron chi connectivity index (χ0n) is 12.8. The van der Waals surface area contributed by atoms with Crippen LogP contribution in [0.1, 0.15) is 84.0 Å². The first kappa shape index (κ1) is 21.7. The molecule has 0 fully saturated rings. The van der Waals surface area contributed by atoms with Gasteiger partial charge in [0.1, 0.15) is 0 Å². The van der Waals surface area contributed by atoms with Gasteiger partial charge in [-0.3, -0.25) is 0 Å². The van der Waals surface area contributed by atoms with Crippen molar-refractivity contribution in [3.05, 3.63) is 0 Å². The summed E-state index contributed by atoms with van der Waals surface area (Å²) in [4.78, 5) is 10.2. The third-order valence-electron chi connectivity index (χ3n) is 3.29. The average molecular weight is 280 g/mol. The SMILES string of the molecule is CCCCCCCCCCCCC(O)CC(=O)[O-].[Na+]. The fourth-order valence-electron chi connectivity index (χ4n) is 2.16. The van der Waals surface area contributed by atoms with Gasteiger partial charge in [-0.15, -0.1) is 0 Å². The molecular formula is C15H29NaO3. The van der Waals surface area contributed by atoms with Crippen molar-refractivity contribution in [3.8, 4) is 0 Å². The first-order valence-electron chi connectivity index (χ1n) is 7.54. The van der Waals surface area contributed by atoms with Crippen molar-refractivity contribution in [2.45, 2.75) is 90.1 Å². The summed E-state index contributed by atoms with van der Waals surface area (Å²) in [6.07, 6.45) is 12.2. The second-order valence-electron chi connectivity index (χ2n) is 5.20. The number of aliphatic hydroxyl groups is 1.